The van der Waals surface area contributed by atoms with E-state index in [-0.39, 0.29) is 11.8 Å². The third-order valence-electron chi connectivity index (χ3n) is 3.07. The van der Waals surface area contributed by atoms with Crippen LogP contribution < -0.4 is 0 Å². The molecule has 1 saturated carbocycles. The summed E-state index contributed by atoms with van der Waals surface area (Å²) in [5.41, 5.74) is 0. The van der Waals surface area contributed by atoms with Crippen molar-refractivity contribution in [1.82, 2.24) is 4.90 Å². The van der Waals surface area contributed by atoms with Gasteiger partial charge in [-0.3, -0.25) is 9.59 Å². The van der Waals surface area contributed by atoms with E-state index >= 15 is 0 Å². The molecule has 1 fully saturated rings. The van der Waals surface area contributed by atoms with Gasteiger partial charge in [0.25, 0.3) is 0 Å². The zero-order valence-electron chi connectivity index (χ0n) is 9.56. The molecule has 4 heteroatoms. The molecule has 0 bridgehead atoms. The lowest BCUT2D eigenvalue weighted by Crippen LogP contribution is -2.41. The number of carbonyl (C=O) groups excluding carboxylic acids is 1. The van der Waals surface area contributed by atoms with Crippen LogP contribution in [0.1, 0.15) is 26.7 Å². The molecule has 0 aromatic rings. The van der Waals surface area contributed by atoms with E-state index in [9.17, 15) is 9.59 Å². The maximum atomic E-state index is 11.8. The molecule has 0 radical (unpaired) electrons. The second kappa shape index (κ2) is 4.64. The molecule has 15 heavy (non-hydrogen) atoms. The van der Waals surface area contributed by atoms with E-state index in [1.165, 1.54) is 0 Å². The van der Waals surface area contributed by atoms with Gasteiger partial charge in [0.05, 0.1) is 5.92 Å². The fourth-order valence-electron chi connectivity index (χ4n) is 1.99. The standard InChI is InChI=1S/C11H19NO3/c1-7-4-9(5-7)10(13)12(3)6-8(2)11(14)15/h7-9H,4-6H2,1-3H3,(H,14,15). The third kappa shape index (κ3) is 2.94. The van der Waals surface area contributed by atoms with Crippen LogP contribution in [0.2, 0.25) is 0 Å². The van der Waals surface area contributed by atoms with Crippen molar-refractivity contribution in [1.29, 1.82) is 0 Å². The number of nitrogens with zero attached hydrogens (tertiary/aromatic N) is 1. The van der Waals surface area contributed by atoms with Gasteiger partial charge < -0.3 is 10.0 Å². The maximum absolute atomic E-state index is 11.8. The van der Waals surface area contributed by atoms with Crippen LogP contribution in [0.4, 0.5) is 0 Å². The zero-order valence-corrected chi connectivity index (χ0v) is 9.56. The third-order valence-corrected chi connectivity index (χ3v) is 3.07. The largest absolute Gasteiger partial charge is 0.481 e. The average Bonchev–Trinajstić information content (AvgIpc) is 2.11. The van der Waals surface area contributed by atoms with Gasteiger partial charge in [0, 0.05) is 19.5 Å². The number of carboxylic acids is 1. The summed E-state index contributed by atoms with van der Waals surface area (Å²) in [6.07, 6.45) is 1.90. The molecule has 0 saturated heterocycles. The topological polar surface area (TPSA) is 57.6 Å². The normalized spacial score (nSPS) is 26.6. The van der Waals surface area contributed by atoms with E-state index in [1.54, 1.807) is 18.9 Å². The molecule has 4 nitrogen and oxygen atoms in total. The highest BCUT2D eigenvalue weighted by Gasteiger charge is 2.33. The Kier molecular flexibility index (Phi) is 3.72. The monoisotopic (exact) mass is 213 g/mol. The van der Waals surface area contributed by atoms with Crippen LogP contribution in [0.3, 0.4) is 0 Å². The second-order valence-corrected chi connectivity index (χ2v) is 4.73. The molecular formula is C11H19NO3. The number of hydrogen-bond acceptors (Lipinski definition) is 2. The first-order valence-electron chi connectivity index (χ1n) is 5.39. The zero-order chi connectivity index (χ0) is 11.6. The van der Waals surface area contributed by atoms with Crippen molar-refractivity contribution >= 4 is 11.9 Å². The van der Waals surface area contributed by atoms with Gasteiger partial charge >= 0.3 is 5.97 Å². The van der Waals surface area contributed by atoms with E-state index in [4.69, 9.17) is 5.11 Å². The summed E-state index contributed by atoms with van der Waals surface area (Å²) in [7, 11) is 1.69. The van der Waals surface area contributed by atoms with Crippen LogP contribution in [0.15, 0.2) is 0 Å². The number of amides is 1. The molecule has 1 rings (SSSR count). The molecule has 1 atom stereocenters. The Morgan fingerprint density at radius 1 is 1.47 bits per heavy atom. The summed E-state index contributed by atoms with van der Waals surface area (Å²) in [6.45, 7) is 4.05. The first-order chi connectivity index (χ1) is 6.91. The number of rotatable bonds is 4. The van der Waals surface area contributed by atoms with Crippen molar-refractivity contribution in [2.75, 3.05) is 13.6 Å². The smallest absolute Gasteiger partial charge is 0.308 e. The predicted octanol–water partition coefficient (Wildman–Crippen LogP) is 1.21. The Bertz CT molecular complexity index is 259. The fourth-order valence-corrected chi connectivity index (χ4v) is 1.99. The van der Waals surface area contributed by atoms with E-state index in [0.717, 1.165) is 12.8 Å². The lowest BCUT2D eigenvalue weighted by atomic mass is 9.75. The highest BCUT2D eigenvalue weighted by atomic mass is 16.4. The van der Waals surface area contributed by atoms with Gasteiger partial charge in [0.2, 0.25) is 5.91 Å². The van der Waals surface area contributed by atoms with Crippen molar-refractivity contribution in [2.45, 2.75) is 26.7 Å². The van der Waals surface area contributed by atoms with Crippen LogP contribution >= 0.6 is 0 Å². The molecule has 0 heterocycles. The summed E-state index contributed by atoms with van der Waals surface area (Å²) in [6, 6.07) is 0. The quantitative estimate of drug-likeness (QED) is 0.763. The molecular weight excluding hydrogens is 194 g/mol. The SMILES string of the molecule is CC1CC(C(=O)N(C)CC(C)C(=O)O)C1. The van der Waals surface area contributed by atoms with Gasteiger partial charge in [0.1, 0.15) is 0 Å². The second-order valence-electron chi connectivity index (χ2n) is 4.73. The summed E-state index contributed by atoms with van der Waals surface area (Å²) < 4.78 is 0. The predicted molar refractivity (Wildman–Crippen MR) is 56.3 cm³/mol. The Hall–Kier alpha value is -1.06. The van der Waals surface area contributed by atoms with Gasteiger partial charge in [-0.25, -0.2) is 0 Å². The average molecular weight is 213 g/mol. The Morgan fingerprint density at radius 3 is 2.40 bits per heavy atom. The lowest BCUT2D eigenvalue weighted by Gasteiger charge is -2.34. The molecule has 1 aliphatic rings. The summed E-state index contributed by atoms with van der Waals surface area (Å²) in [4.78, 5) is 23.9. The van der Waals surface area contributed by atoms with Crippen LogP contribution in [-0.2, 0) is 9.59 Å². The minimum absolute atomic E-state index is 0.0983. The van der Waals surface area contributed by atoms with Gasteiger partial charge in [-0.1, -0.05) is 13.8 Å². The van der Waals surface area contributed by atoms with Gasteiger partial charge in [-0.2, -0.15) is 0 Å². The van der Waals surface area contributed by atoms with Crippen molar-refractivity contribution in [3.8, 4) is 0 Å². The summed E-state index contributed by atoms with van der Waals surface area (Å²) >= 11 is 0. The van der Waals surface area contributed by atoms with E-state index in [2.05, 4.69) is 6.92 Å². The van der Waals surface area contributed by atoms with Crippen molar-refractivity contribution in [3.63, 3.8) is 0 Å². The van der Waals surface area contributed by atoms with Crippen LogP contribution in [0.25, 0.3) is 0 Å². The van der Waals surface area contributed by atoms with Gasteiger partial charge in [0.15, 0.2) is 0 Å². The molecule has 1 N–H and O–H groups in total. The van der Waals surface area contributed by atoms with Crippen LogP contribution in [0, 0.1) is 17.8 Å². The fraction of sp³-hybridized carbons (Fsp3) is 0.818. The Balaban J connectivity index is 2.36. The molecule has 0 aromatic carbocycles. The van der Waals surface area contributed by atoms with Crippen LogP contribution in [0.5, 0.6) is 0 Å². The summed E-state index contributed by atoms with van der Waals surface area (Å²) in [5.74, 6) is -0.468. The maximum Gasteiger partial charge on any atom is 0.308 e. The minimum atomic E-state index is -0.850. The van der Waals surface area contributed by atoms with Crippen molar-refractivity contribution < 1.29 is 14.7 Å². The number of hydrogen-bond donors (Lipinski definition) is 1. The number of aliphatic carboxylic acids is 1. The van der Waals surface area contributed by atoms with Crippen LogP contribution in [-0.4, -0.2) is 35.5 Å². The Morgan fingerprint density at radius 2 is 2.00 bits per heavy atom. The van der Waals surface area contributed by atoms with Gasteiger partial charge in [-0.05, 0) is 18.8 Å². The number of carboxylic acid groups (broad SMARTS) is 1. The molecule has 0 aromatic heterocycles. The first kappa shape index (κ1) is 12.0. The van der Waals surface area contributed by atoms with Crippen molar-refractivity contribution in [3.05, 3.63) is 0 Å². The first-order valence-corrected chi connectivity index (χ1v) is 5.39. The molecule has 0 spiro atoms. The molecule has 86 valence electrons. The highest BCUT2D eigenvalue weighted by molar-refractivity contribution is 5.80. The number of carbonyl (C=O) groups is 2. The van der Waals surface area contributed by atoms with E-state index in [0.29, 0.717) is 12.5 Å². The lowest BCUT2D eigenvalue weighted by molar-refractivity contribution is -0.144. The summed E-state index contributed by atoms with van der Waals surface area (Å²) in [5, 5.41) is 8.73. The van der Waals surface area contributed by atoms with Gasteiger partial charge in [-0.15, -0.1) is 0 Å². The highest BCUT2D eigenvalue weighted by Crippen LogP contribution is 2.34. The Labute approximate surface area is 90.3 Å². The van der Waals surface area contributed by atoms with E-state index < -0.39 is 11.9 Å². The van der Waals surface area contributed by atoms with E-state index in [1.807, 2.05) is 0 Å². The van der Waals surface area contributed by atoms with Crippen molar-refractivity contribution in [2.24, 2.45) is 17.8 Å². The minimum Gasteiger partial charge on any atom is -0.481 e. The molecule has 1 amide bonds. The molecule has 0 aliphatic heterocycles. The molecule has 1 aliphatic carbocycles. The molecule has 1 unspecified atom stereocenters.